The lowest BCUT2D eigenvalue weighted by molar-refractivity contribution is 0.101. The van der Waals surface area contributed by atoms with Gasteiger partial charge >= 0.3 is 0 Å². The van der Waals surface area contributed by atoms with E-state index in [1.165, 1.54) is 0 Å². The molecule has 0 radical (unpaired) electrons. The van der Waals surface area contributed by atoms with Crippen molar-refractivity contribution in [3.63, 3.8) is 0 Å². The largest absolute Gasteiger partial charge is 0.329 e. The van der Waals surface area contributed by atoms with E-state index in [-0.39, 0.29) is 5.78 Å². The highest BCUT2D eigenvalue weighted by atomic mass is 16.1. The molecule has 4 heteroatoms. The van der Waals surface area contributed by atoms with Crippen LogP contribution in [-0.4, -0.2) is 22.1 Å². The monoisotopic (exact) mass is 203 g/mol. The number of ketones is 1. The molecule has 0 aliphatic heterocycles. The van der Waals surface area contributed by atoms with E-state index in [1.807, 2.05) is 22.9 Å². The van der Waals surface area contributed by atoms with Crippen molar-refractivity contribution in [1.29, 1.82) is 0 Å². The van der Waals surface area contributed by atoms with Crippen LogP contribution in [0.1, 0.15) is 17.3 Å². The first-order valence-electron chi connectivity index (χ1n) is 4.89. The van der Waals surface area contributed by atoms with E-state index >= 15 is 0 Å². The van der Waals surface area contributed by atoms with E-state index in [0.717, 1.165) is 16.5 Å². The summed E-state index contributed by atoms with van der Waals surface area (Å²) in [6.45, 7) is 2.82. The highest BCUT2D eigenvalue weighted by Gasteiger charge is 2.04. The van der Waals surface area contributed by atoms with Gasteiger partial charge in [0.15, 0.2) is 5.78 Å². The summed E-state index contributed by atoms with van der Waals surface area (Å²) < 4.78 is 1.85. The van der Waals surface area contributed by atoms with Crippen LogP contribution in [0.3, 0.4) is 0 Å². The van der Waals surface area contributed by atoms with Crippen molar-refractivity contribution in [1.82, 2.24) is 9.78 Å². The molecule has 2 rings (SSSR count). The second-order valence-electron chi connectivity index (χ2n) is 3.49. The number of aromatic nitrogens is 2. The Morgan fingerprint density at radius 2 is 2.33 bits per heavy atom. The van der Waals surface area contributed by atoms with Crippen molar-refractivity contribution in [2.75, 3.05) is 6.54 Å². The van der Waals surface area contributed by atoms with Gasteiger partial charge in [-0.25, -0.2) is 0 Å². The fourth-order valence-corrected chi connectivity index (χ4v) is 1.61. The number of carbonyl (C=O) groups is 1. The number of Topliss-reactive ketones (excluding diaryl/α,β-unsaturated/α-hetero) is 1. The molecule has 0 atom stereocenters. The highest BCUT2D eigenvalue weighted by Crippen LogP contribution is 2.15. The first-order chi connectivity index (χ1) is 7.22. The fourth-order valence-electron chi connectivity index (χ4n) is 1.61. The van der Waals surface area contributed by atoms with Gasteiger partial charge in [0.2, 0.25) is 0 Å². The van der Waals surface area contributed by atoms with Crippen molar-refractivity contribution in [3.8, 4) is 0 Å². The van der Waals surface area contributed by atoms with Crippen LogP contribution in [0.25, 0.3) is 10.9 Å². The number of benzene rings is 1. The minimum atomic E-state index is 0.0727. The van der Waals surface area contributed by atoms with Crippen LogP contribution in [-0.2, 0) is 6.54 Å². The van der Waals surface area contributed by atoms with Crippen LogP contribution in [0.4, 0.5) is 0 Å². The maximum absolute atomic E-state index is 11.2. The molecule has 78 valence electrons. The van der Waals surface area contributed by atoms with Crippen molar-refractivity contribution < 1.29 is 4.79 Å². The molecule has 1 aromatic carbocycles. The molecule has 1 aromatic heterocycles. The smallest absolute Gasteiger partial charge is 0.159 e. The van der Waals surface area contributed by atoms with E-state index in [2.05, 4.69) is 5.10 Å². The van der Waals surface area contributed by atoms with Gasteiger partial charge in [0.05, 0.1) is 18.3 Å². The van der Waals surface area contributed by atoms with E-state index in [1.54, 1.807) is 13.1 Å². The zero-order chi connectivity index (χ0) is 10.8. The van der Waals surface area contributed by atoms with Crippen molar-refractivity contribution >= 4 is 16.7 Å². The van der Waals surface area contributed by atoms with Crippen molar-refractivity contribution in [3.05, 3.63) is 30.0 Å². The fraction of sp³-hybridized carbons (Fsp3) is 0.273. The molecule has 0 spiro atoms. The van der Waals surface area contributed by atoms with Crippen LogP contribution in [0, 0.1) is 0 Å². The Labute approximate surface area is 87.7 Å². The SMILES string of the molecule is CC(=O)c1ccc2c(cnn2CCN)c1. The molecule has 1 heterocycles. The molecular formula is C11H13N3O. The Balaban J connectivity index is 2.51. The number of rotatable bonds is 3. The topological polar surface area (TPSA) is 60.9 Å². The minimum absolute atomic E-state index is 0.0727. The summed E-state index contributed by atoms with van der Waals surface area (Å²) in [5.41, 5.74) is 7.21. The first kappa shape index (κ1) is 9.86. The summed E-state index contributed by atoms with van der Waals surface area (Å²) in [4.78, 5) is 11.2. The summed E-state index contributed by atoms with van der Waals surface area (Å²) in [6.07, 6.45) is 1.76. The molecule has 4 nitrogen and oxygen atoms in total. The molecule has 2 aromatic rings. The predicted octanol–water partition coefficient (Wildman–Crippen LogP) is 1.20. The summed E-state index contributed by atoms with van der Waals surface area (Å²) in [5, 5.41) is 5.19. The lowest BCUT2D eigenvalue weighted by atomic mass is 10.1. The van der Waals surface area contributed by atoms with Gasteiger partial charge in [-0.3, -0.25) is 9.48 Å². The molecular weight excluding hydrogens is 190 g/mol. The molecule has 0 saturated carbocycles. The van der Waals surface area contributed by atoms with E-state index in [0.29, 0.717) is 13.1 Å². The van der Waals surface area contributed by atoms with Crippen molar-refractivity contribution in [2.24, 2.45) is 5.73 Å². The summed E-state index contributed by atoms with van der Waals surface area (Å²) >= 11 is 0. The number of carbonyl (C=O) groups excluding carboxylic acids is 1. The molecule has 0 bridgehead atoms. The lowest BCUT2D eigenvalue weighted by Crippen LogP contribution is -2.10. The van der Waals surface area contributed by atoms with Gasteiger partial charge in [0.25, 0.3) is 0 Å². The maximum atomic E-state index is 11.2. The van der Waals surface area contributed by atoms with Gasteiger partial charge in [0, 0.05) is 17.5 Å². The van der Waals surface area contributed by atoms with Gasteiger partial charge in [-0.2, -0.15) is 5.10 Å². The van der Waals surface area contributed by atoms with Gasteiger partial charge in [-0.1, -0.05) is 0 Å². The van der Waals surface area contributed by atoms with Gasteiger partial charge in [0.1, 0.15) is 0 Å². The number of hydrogen-bond donors (Lipinski definition) is 1. The Hall–Kier alpha value is -1.68. The first-order valence-corrected chi connectivity index (χ1v) is 4.89. The van der Waals surface area contributed by atoms with Crippen molar-refractivity contribution in [2.45, 2.75) is 13.5 Å². The third-order valence-corrected chi connectivity index (χ3v) is 2.39. The van der Waals surface area contributed by atoms with Gasteiger partial charge < -0.3 is 5.73 Å². The average Bonchev–Trinajstić information content (AvgIpc) is 2.61. The molecule has 0 aliphatic rings. The second kappa shape index (κ2) is 3.82. The quantitative estimate of drug-likeness (QED) is 0.762. The summed E-state index contributed by atoms with van der Waals surface area (Å²) in [5.74, 6) is 0.0727. The maximum Gasteiger partial charge on any atom is 0.159 e. The Morgan fingerprint density at radius 1 is 1.53 bits per heavy atom. The number of nitrogens with two attached hydrogens (primary N) is 1. The van der Waals surface area contributed by atoms with Crippen LogP contribution in [0.5, 0.6) is 0 Å². The van der Waals surface area contributed by atoms with Crippen LogP contribution < -0.4 is 5.73 Å². The molecule has 2 N–H and O–H groups in total. The lowest BCUT2D eigenvalue weighted by Gasteiger charge is -2.01. The Bertz CT molecular complexity index is 502. The van der Waals surface area contributed by atoms with Crippen LogP contribution in [0.2, 0.25) is 0 Å². The molecule has 0 saturated heterocycles. The minimum Gasteiger partial charge on any atom is -0.329 e. The van der Waals surface area contributed by atoms with E-state index in [9.17, 15) is 4.79 Å². The summed E-state index contributed by atoms with van der Waals surface area (Å²) in [6, 6.07) is 5.59. The van der Waals surface area contributed by atoms with E-state index < -0.39 is 0 Å². The van der Waals surface area contributed by atoms with Gasteiger partial charge in [-0.05, 0) is 25.1 Å². The standard InChI is InChI=1S/C11H13N3O/c1-8(15)9-2-3-11-10(6-9)7-13-14(11)5-4-12/h2-3,6-7H,4-5,12H2,1H3. The Kier molecular flexibility index (Phi) is 2.51. The number of fused-ring (bicyclic) bond motifs is 1. The molecule has 0 amide bonds. The average molecular weight is 203 g/mol. The molecule has 15 heavy (non-hydrogen) atoms. The molecule has 0 aliphatic carbocycles. The normalized spacial score (nSPS) is 10.8. The van der Waals surface area contributed by atoms with Gasteiger partial charge in [-0.15, -0.1) is 0 Å². The molecule has 0 unspecified atom stereocenters. The highest BCUT2D eigenvalue weighted by molar-refractivity contribution is 5.97. The molecule has 0 fully saturated rings. The van der Waals surface area contributed by atoms with E-state index in [4.69, 9.17) is 5.73 Å². The second-order valence-corrected chi connectivity index (χ2v) is 3.49. The zero-order valence-corrected chi connectivity index (χ0v) is 8.60. The third kappa shape index (κ3) is 1.76. The van der Waals surface area contributed by atoms with Crippen LogP contribution in [0.15, 0.2) is 24.4 Å². The Morgan fingerprint density at radius 3 is 3.00 bits per heavy atom. The predicted molar refractivity (Wildman–Crippen MR) is 58.8 cm³/mol. The van der Waals surface area contributed by atoms with Crippen LogP contribution >= 0.6 is 0 Å². The summed E-state index contributed by atoms with van der Waals surface area (Å²) in [7, 11) is 0. The third-order valence-electron chi connectivity index (χ3n) is 2.39. The zero-order valence-electron chi connectivity index (χ0n) is 8.60. The number of hydrogen-bond acceptors (Lipinski definition) is 3. The number of nitrogens with zero attached hydrogens (tertiary/aromatic N) is 2.